The minimum Gasteiger partial charge on any atom is -0.450 e. The quantitative estimate of drug-likeness (QED) is 0.574. The second-order valence-electron chi connectivity index (χ2n) is 8.64. The van der Waals surface area contributed by atoms with Gasteiger partial charge in [0.1, 0.15) is 5.69 Å². The fraction of sp³-hybridized carbons (Fsp3) is 0.522. The first-order chi connectivity index (χ1) is 16.7. The summed E-state index contributed by atoms with van der Waals surface area (Å²) in [6, 6.07) is 4.81. The molecule has 2 aliphatic rings. The summed E-state index contributed by atoms with van der Waals surface area (Å²) in [4.78, 5) is 32.9. The maximum atomic E-state index is 13.0. The van der Waals surface area contributed by atoms with E-state index in [1.165, 1.54) is 21.7 Å². The summed E-state index contributed by atoms with van der Waals surface area (Å²) in [7, 11) is -3.61. The van der Waals surface area contributed by atoms with E-state index in [2.05, 4.69) is 4.98 Å². The molecule has 2 aliphatic heterocycles. The first kappa shape index (κ1) is 25.9. The molecule has 2 fully saturated rings. The lowest BCUT2D eigenvalue weighted by molar-refractivity contribution is 0.0566. The van der Waals surface area contributed by atoms with E-state index < -0.39 is 10.0 Å². The molecular formula is C23H29ClN4O5S2. The first-order valence-electron chi connectivity index (χ1n) is 11.6. The summed E-state index contributed by atoms with van der Waals surface area (Å²) in [6.07, 6.45) is 0.922. The molecule has 3 heterocycles. The largest absolute Gasteiger partial charge is 0.450 e. The number of hydrogen-bond donors (Lipinski definition) is 0. The number of carbonyl (C=O) groups excluding carboxylic acids is 2. The van der Waals surface area contributed by atoms with Gasteiger partial charge in [0.15, 0.2) is 0 Å². The van der Waals surface area contributed by atoms with Crippen molar-refractivity contribution in [3.8, 4) is 0 Å². The van der Waals surface area contributed by atoms with Gasteiger partial charge in [0.25, 0.3) is 5.91 Å². The van der Waals surface area contributed by atoms with Crippen LogP contribution in [0.3, 0.4) is 0 Å². The number of carbonyl (C=O) groups is 2. The van der Waals surface area contributed by atoms with Crippen LogP contribution >= 0.6 is 22.9 Å². The van der Waals surface area contributed by atoms with Crippen molar-refractivity contribution in [2.24, 2.45) is 0 Å². The molecule has 0 spiro atoms. The van der Waals surface area contributed by atoms with E-state index in [4.69, 9.17) is 16.3 Å². The Bertz CT molecular complexity index is 1190. The van der Waals surface area contributed by atoms with Crippen LogP contribution in [0.4, 0.5) is 4.79 Å². The van der Waals surface area contributed by atoms with E-state index in [-0.39, 0.29) is 22.8 Å². The zero-order valence-electron chi connectivity index (χ0n) is 19.8. The number of halogens is 1. The number of aryl methyl sites for hydroxylation is 1. The number of piperazine rings is 1. The number of sulfonamides is 1. The molecule has 0 radical (unpaired) electrons. The van der Waals surface area contributed by atoms with Crippen LogP contribution in [-0.4, -0.2) is 85.4 Å². The Kier molecular flexibility index (Phi) is 7.99. The molecule has 190 valence electrons. The van der Waals surface area contributed by atoms with Crippen LogP contribution in [-0.2, 0) is 14.8 Å². The van der Waals surface area contributed by atoms with Crippen LogP contribution in [0.5, 0.6) is 0 Å². The van der Waals surface area contributed by atoms with Gasteiger partial charge in [-0.05, 0) is 44.4 Å². The number of rotatable bonds is 5. The molecule has 35 heavy (non-hydrogen) atoms. The van der Waals surface area contributed by atoms with Crippen LogP contribution in [0, 0.1) is 6.92 Å². The van der Waals surface area contributed by atoms with Gasteiger partial charge in [0.2, 0.25) is 10.0 Å². The maximum absolute atomic E-state index is 13.0. The predicted octanol–water partition coefficient (Wildman–Crippen LogP) is 3.59. The topological polar surface area (TPSA) is 100 Å². The van der Waals surface area contributed by atoms with E-state index in [0.29, 0.717) is 69.4 Å². The highest BCUT2D eigenvalue weighted by Gasteiger charge is 2.32. The van der Waals surface area contributed by atoms with Crippen LogP contribution in [0.1, 0.15) is 46.7 Å². The molecule has 1 aromatic carbocycles. The third-order valence-corrected chi connectivity index (χ3v) is 9.73. The Morgan fingerprint density at radius 1 is 1.11 bits per heavy atom. The normalized spacial score (nSPS) is 18.0. The Labute approximate surface area is 214 Å². The van der Waals surface area contributed by atoms with Crippen molar-refractivity contribution < 1.29 is 22.7 Å². The van der Waals surface area contributed by atoms with Gasteiger partial charge in [-0.3, -0.25) is 4.79 Å². The second-order valence-corrected chi connectivity index (χ2v) is 11.9. The number of thiazole rings is 1. The van der Waals surface area contributed by atoms with Crippen molar-refractivity contribution >= 4 is 45.0 Å². The molecule has 2 aromatic rings. The molecule has 0 saturated carbocycles. The van der Waals surface area contributed by atoms with Gasteiger partial charge in [0, 0.05) is 55.6 Å². The van der Waals surface area contributed by atoms with Crippen molar-refractivity contribution in [2.45, 2.75) is 37.5 Å². The number of ether oxygens (including phenoxy) is 1. The minimum atomic E-state index is -3.61. The van der Waals surface area contributed by atoms with Crippen molar-refractivity contribution in [3.63, 3.8) is 0 Å². The molecular weight excluding hydrogens is 512 g/mol. The Morgan fingerprint density at radius 3 is 2.40 bits per heavy atom. The van der Waals surface area contributed by atoms with Gasteiger partial charge in [-0.25, -0.2) is 18.2 Å². The van der Waals surface area contributed by atoms with Gasteiger partial charge in [-0.15, -0.1) is 11.3 Å². The summed E-state index contributed by atoms with van der Waals surface area (Å²) >= 11 is 7.58. The third kappa shape index (κ3) is 5.63. The second kappa shape index (κ2) is 10.8. The number of hydrogen-bond acceptors (Lipinski definition) is 7. The summed E-state index contributed by atoms with van der Waals surface area (Å²) in [5.74, 6) is -0.0393. The standard InChI is InChI=1S/C23H29ClN4O5S2/c1-3-33-23(30)27-12-10-26(11-13-27)22(29)20-15-34-21(25-20)17-6-8-28(9-7-17)35(31,32)18-5-4-16(2)19(24)14-18/h4-5,14-15,17H,3,6-13H2,1-2H3. The lowest BCUT2D eigenvalue weighted by Gasteiger charge is -2.33. The molecule has 0 atom stereocenters. The minimum absolute atomic E-state index is 0.107. The van der Waals surface area contributed by atoms with E-state index in [0.717, 1.165) is 10.6 Å². The molecule has 0 bridgehead atoms. The number of aromatic nitrogens is 1. The molecule has 1 aromatic heterocycles. The van der Waals surface area contributed by atoms with Crippen molar-refractivity contribution in [1.29, 1.82) is 0 Å². The van der Waals surface area contributed by atoms with Crippen molar-refractivity contribution in [2.75, 3.05) is 45.9 Å². The maximum Gasteiger partial charge on any atom is 0.409 e. The summed E-state index contributed by atoms with van der Waals surface area (Å²) in [5, 5.41) is 3.06. The highest BCUT2D eigenvalue weighted by atomic mass is 35.5. The Morgan fingerprint density at radius 2 is 1.77 bits per heavy atom. The molecule has 0 N–H and O–H groups in total. The fourth-order valence-electron chi connectivity index (χ4n) is 4.27. The highest BCUT2D eigenvalue weighted by molar-refractivity contribution is 7.89. The monoisotopic (exact) mass is 540 g/mol. The molecule has 0 aliphatic carbocycles. The van der Waals surface area contributed by atoms with Gasteiger partial charge in [-0.2, -0.15) is 4.31 Å². The van der Waals surface area contributed by atoms with E-state index >= 15 is 0 Å². The average Bonchev–Trinajstić information content (AvgIpc) is 3.36. The van der Waals surface area contributed by atoms with Gasteiger partial charge < -0.3 is 14.5 Å². The number of benzene rings is 1. The van der Waals surface area contributed by atoms with Crippen molar-refractivity contribution in [3.05, 3.63) is 44.9 Å². The SMILES string of the molecule is CCOC(=O)N1CCN(C(=O)c2csc(C3CCN(S(=O)(=O)c4ccc(C)c(Cl)c4)CC3)n2)CC1. The number of nitrogens with zero attached hydrogens (tertiary/aromatic N) is 4. The molecule has 12 heteroatoms. The number of amides is 2. The fourth-order valence-corrected chi connectivity index (χ4v) is 6.98. The summed E-state index contributed by atoms with van der Waals surface area (Å²) < 4.78 is 32.6. The van der Waals surface area contributed by atoms with Gasteiger partial charge in [0.05, 0.1) is 16.5 Å². The zero-order valence-corrected chi connectivity index (χ0v) is 22.2. The highest BCUT2D eigenvalue weighted by Crippen LogP contribution is 2.33. The lowest BCUT2D eigenvalue weighted by Crippen LogP contribution is -2.50. The molecule has 9 nitrogen and oxygen atoms in total. The lowest BCUT2D eigenvalue weighted by atomic mass is 9.99. The van der Waals surface area contributed by atoms with Crippen molar-refractivity contribution in [1.82, 2.24) is 19.1 Å². The summed E-state index contributed by atoms with van der Waals surface area (Å²) in [6.45, 7) is 6.43. The van der Waals surface area contributed by atoms with Crippen LogP contribution in [0.15, 0.2) is 28.5 Å². The van der Waals surface area contributed by atoms with Crippen LogP contribution < -0.4 is 0 Å². The zero-order chi connectivity index (χ0) is 25.2. The van der Waals surface area contributed by atoms with Gasteiger partial charge >= 0.3 is 6.09 Å². The molecule has 4 rings (SSSR count). The molecule has 2 amide bonds. The van der Waals surface area contributed by atoms with E-state index in [1.54, 1.807) is 34.2 Å². The Balaban J connectivity index is 1.33. The van der Waals surface area contributed by atoms with E-state index in [1.807, 2.05) is 6.92 Å². The predicted molar refractivity (Wildman–Crippen MR) is 134 cm³/mol. The molecule has 2 saturated heterocycles. The Hall–Kier alpha value is -2.21. The first-order valence-corrected chi connectivity index (χ1v) is 14.3. The van der Waals surface area contributed by atoms with Gasteiger partial charge in [-0.1, -0.05) is 17.7 Å². The third-order valence-electron chi connectivity index (χ3n) is 6.42. The van der Waals surface area contributed by atoms with Crippen LogP contribution in [0.25, 0.3) is 0 Å². The summed E-state index contributed by atoms with van der Waals surface area (Å²) in [5.41, 5.74) is 1.23. The number of piperidine rings is 1. The van der Waals surface area contributed by atoms with E-state index in [9.17, 15) is 18.0 Å². The molecule has 0 unspecified atom stereocenters. The average molecular weight is 541 g/mol. The van der Waals surface area contributed by atoms with Crippen LogP contribution in [0.2, 0.25) is 5.02 Å². The smallest absolute Gasteiger partial charge is 0.409 e.